The maximum Gasteiger partial charge on any atom is 0.515 e. The molecule has 0 N–H and O–H groups in total. The van der Waals surface area contributed by atoms with Crippen molar-refractivity contribution >= 4 is 24.5 Å². The zero-order valence-corrected chi connectivity index (χ0v) is 14.1. The molecular weight excluding hydrogens is 285 g/mol. The van der Waals surface area contributed by atoms with Crippen LogP contribution in [0.4, 0.5) is 0 Å². The minimum absolute atomic E-state index is 0.349. The predicted octanol–water partition coefficient (Wildman–Crippen LogP) is 2.64. The van der Waals surface area contributed by atoms with Gasteiger partial charge in [-0.2, -0.15) is 0 Å². The van der Waals surface area contributed by atoms with E-state index in [0.29, 0.717) is 6.10 Å². The Balaban J connectivity index is 1.85. The first-order valence-corrected chi connectivity index (χ1v) is 8.61. The van der Waals surface area contributed by atoms with E-state index in [4.69, 9.17) is 14.0 Å². The van der Waals surface area contributed by atoms with Crippen molar-refractivity contribution in [2.75, 3.05) is 6.26 Å². The van der Waals surface area contributed by atoms with E-state index in [0.717, 1.165) is 29.1 Å². The molecule has 1 aliphatic heterocycles. The van der Waals surface area contributed by atoms with Crippen LogP contribution in [-0.4, -0.2) is 35.7 Å². The quantitative estimate of drug-likeness (QED) is 0.632. The molecule has 0 unspecified atom stereocenters. The molecule has 114 valence electrons. The molecule has 0 bridgehead atoms. The zero-order chi connectivity index (χ0) is 15.3. The second-order valence-corrected chi connectivity index (χ2v) is 7.51. The van der Waals surface area contributed by atoms with Crippen LogP contribution in [-0.2, 0) is 9.31 Å². The summed E-state index contributed by atoms with van der Waals surface area (Å²) in [4.78, 5) is 5.60. The Labute approximate surface area is 131 Å². The normalized spacial score (nSPS) is 23.4. The van der Waals surface area contributed by atoms with Gasteiger partial charge in [-0.25, -0.2) is 0 Å². The smallest absolute Gasteiger partial charge is 0.489 e. The first kappa shape index (κ1) is 15.2. The summed E-state index contributed by atoms with van der Waals surface area (Å²) in [6.45, 7) is 8.21. The fourth-order valence-electron chi connectivity index (χ4n) is 2.18. The maximum absolute atomic E-state index is 6.09. The average molecular weight is 307 g/mol. The van der Waals surface area contributed by atoms with Gasteiger partial charge in [-0.3, -0.25) is 4.98 Å². The molecule has 21 heavy (non-hydrogen) atoms. The van der Waals surface area contributed by atoms with E-state index in [1.54, 1.807) is 18.0 Å². The van der Waals surface area contributed by atoms with Crippen molar-refractivity contribution in [1.29, 1.82) is 0 Å². The summed E-state index contributed by atoms with van der Waals surface area (Å²) in [5.74, 6) is 0.835. The van der Waals surface area contributed by atoms with Crippen molar-refractivity contribution in [3.8, 4) is 5.75 Å². The third kappa shape index (κ3) is 2.94. The van der Waals surface area contributed by atoms with Gasteiger partial charge in [0.25, 0.3) is 0 Å². The number of hydrogen-bond donors (Lipinski definition) is 0. The van der Waals surface area contributed by atoms with Crippen molar-refractivity contribution in [3.63, 3.8) is 0 Å². The highest BCUT2D eigenvalue weighted by Gasteiger charge is 2.53. The van der Waals surface area contributed by atoms with Crippen LogP contribution in [0.3, 0.4) is 0 Å². The lowest BCUT2D eigenvalue weighted by atomic mass is 9.84. The van der Waals surface area contributed by atoms with E-state index in [9.17, 15) is 0 Å². The van der Waals surface area contributed by atoms with E-state index >= 15 is 0 Å². The first-order valence-electron chi connectivity index (χ1n) is 7.38. The Morgan fingerprint density at radius 2 is 1.86 bits per heavy atom. The van der Waals surface area contributed by atoms with E-state index in [1.807, 2.05) is 12.3 Å². The molecule has 1 aromatic rings. The van der Waals surface area contributed by atoms with Gasteiger partial charge in [0.15, 0.2) is 0 Å². The predicted molar refractivity (Wildman–Crippen MR) is 85.4 cm³/mol. The third-order valence-electron chi connectivity index (χ3n) is 4.38. The summed E-state index contributed by atoms with van der Waals surface area (Å²) in [6.07, 6.45) is 6.48. The molecule has 0 aromatic carbocycles. The SMILES string of the molecule is CSc1cc(OC2CC2)cnc1B1OC(C)(C)C(C)(C)O1. The zero-order valence-electron chi connectivity index (χ0n) is 13.3. The van der Waals surface area contributed by atoms with Crippen molar-refractivity contribution in [1.82, 2.24) is 4.98 Å². The van der Waals surface area contributed by atoms with Crippen molar-refractivity contribution < 1.29 is 14.0 Å². The summed E-state index contributed by atoms with van der Waals surface area (Å²) in [5.41, 5.74) is 0.139. The molecule has 0 atom stereocenters. The molecule has 6 heteroatoms. The number of rotatable bonds is 4. The number of thioether (sulfide) groups is 1. The summed E-state index contributed by atoms with van der Waals surface area (Å²) in [5, 5.41) is 0. The van der Waals surface area contributed by atoms with Crippen LogP contribution in [0.2, 0.25) is 0 Å². The highest BCUT2D eigenvalue weighted by molar-refractivity contribution is 7.98. The van der Waals surface area contributed by atoms with Crippen LogP contribution in [0.15, 0.2) is 17.2 Å². The molecule has 1 saturated heterocycles. The van der Waals surface area contributed by atoms with Gasteiger partial charge in [0.1, 0.15) is 5.75 Å². The van der Waals surface area contributed by atoms with Gasteiger partial charge >= 0.3 is 7.12 Å². The standard InChI is InChI=1S/C15H22BNO3S/c1-14(2)15(3,4)20-16(19-14)13-12(21-5)8-11(9-17-13)18-10-6-7-10/h8-10H,6-7H2,1-5H3. The Kier molecular flexibility index (Phi) is 3.75. The van der Waals surface area contributed by atoms with E-state index in [2.05, 4.69) is 32.7 Å². The average Bonchev–Trinajstić information content (AvgIpc) is 3.17. The van der Waals surface area contributed by atoms with Crippen LogP contribution in [0.5, 0.6) is 5.75 Å². The highest BCUT2D eigenvalue weighted by Crippen LogP contribution is 2.37. The van der Waals surface area contributed by atoms with E-state index < -0.39 is 7.12 Å². The molecule has 1 saturated carbocycles. The molecule has 2 aliphatic rings. The fourth-order valence-corrected chi connectivity index (χ4v) is 2.77. The number of nitrogens with zero attached hydrogens (tertiary/aromatic N) is 1. The topological polar surface area (TPSA) is 40.6 Å². The number of aromatic nitrogens is 1. The summed E-state index contributed by atoms with van der Waals surface area (Å²) < 4.78 is 18.0. The molecule has 1 aliphatic carbocycles. The van der Waals surface area contributed by atoms with Crippen LogP contribution in [0.25, 0.3) is 0 Å². The van der Waals surface area contributed by atoms with Gasteiger partial charge in [0, 0.05) is 4.90 Å². The van der Waals surface area contributed by atoms with Crippen molar-refractivity contribution in [2.24, 2.45) is 0 Å². The molecule has 1 aromatic heterocycles. The molecule has 2 fully saturated rings. The van der Waals surface area contributed by atoms with Gasteiger partial charge in [-0.15, -0.1) is 11.8 Å². The Hall–Kier alpha value is -0.715. The van der Waals surface area contributed by atoms with Crippen LogP contribution < -0.4 is 10.3 Å². The third-order valence-corrected chi connectivity index (χ3v) is 5.15. The number of ether oxygens (including phenoxy) is 1. The minimum Gasteiger partial charge on any atom is -0.489 e. The lowest BCUT2D eigenvalue weighted by Gasteiger charge is -2.32. The second kappa shape index (κ2) is 5.18. The first-order chi connectivity index (χ1) is 9.82. The number of pyridine rings is 1. The molecule has 3 rings (SSSR count). The Morgan fingerprint density at radius 3 is 2.38 bits per heavy atom. The maximum atomic E-state index is 6.09. The molecule has 4 nitrogen and oxygen atoms in total. The van der Waals surface area contributed by atoms with Gasteiger partial charge in [0.2, 0.25) is 0 Å². The highest BCUT2D eigenvalue weighted by atomic mass is 32.2. The van der Waals surface area contributed by atoms with Crippen LogP contribution >= 0.6 is 11.8 Å². The second-order valence-electron chi connectivity index (χ2n) is 6.66. The monoisotopic (exact) mass is 307 g/mol. The fraction of sp³-hybridized carbons (Fsp3) is 0.667. The molecule has 0 radical (unpaired) electrons. The van der Waals surface area contributed by atoms with E-state index in [-0.39, 0.29) is 11.2 Å². The molecule has 0 amide bonds. The van der Waals surface area contributed by atoms with Gasteiger partial charge < -0.3 is 14.0 Å². The Morgan fingerprint density at radius 1 is 1.24 bits per heavy atom. The van der Waals surface area contributed by atoms with Crippen molar-refractivity contribution in [2.45, 2.75) is 62.7 Å². The largest absolute Gasteiger partial charge is 0.515 e. The molecule has 0 spiro atoms. The van der Waals surface area contributed by atoms with Crippen LogP contribution in [0, 0.1) is 0 Å². The van der Waals surface area contributed by atoms with Gasteiger partial charge in [-0.05, 0) is 52.9 Å². The summed E-state index contributed by atoms with van der Waals surface area (Å²) >= 11 is 1.64. The molecule has 2 heterocycles. The van der Waals surface area contributed by atoms with E-state index in [1.165, 1.54) is 0 Å². The lowest BCUT2D eigenvalue weighted by Crippen LogP contribution is -2.41. The molecular formula is C15H22BNO3S. The number of hydrogen-bond acceptors (Lipinski definition) is 5. The minimum atomic E-state index is -0.424. The van der Waals surface area contributed by atoms with Gasteiger partial charge in [-0.1, -0.05) is 0 Å². The lowest BCUT2D eigenvalue weighted by molar-refractivity contribution is 0.00578. The van der Waals surface area contributed by atoms with Crippen molar-refractivity contribution in [3.05, 3.63) is 12.3 Å². The summed E-state index contributed by atoms with van der Waals surface area (Å²) in [6, 6.07) is 2.04. The Bertz CT molecular complexity index is 530. The summed E-state index contributed by atoms with van der Waals surface area (Å²) in [7, 11) is -0.424. The van der Waals surface area contributed by atoms with Crippen LogP contribution in [0.1, 0.15) is 40.5 Å². The van der Waals surface area contributed by atoms with Gasteiger partial charge in [0.05, 0.1) is 29.1 Å².